The first-order valence-electron chi connectivity index (χ1n) is 17.9. The number of aliphatic hydroxyl groups is 1. The fraction of sp³-hybridized carbons (Fsp3) is 0.381. The van der Waals surface area contributed by atoms with Crippen molar-refractivity contribution < 1.29 is 29.4 Å². The van der Waals surface area contributed by atoms with E-state index in [0.717, 1.165) is 47.0 Å². The molecule has 1 saturated heterocycles. The molecule has 0 aromatic heterocycles. The van der Waals surface area contributed by atoms with Crippen molar-refractivity contribution in [2.24, 2.45) is 11.8 Å². The first kappa shape index (κ1) is 43.1. The van der Waals surface area contributed by atoms with Gasteiger partial charge in [0.25, 0.3) is 0 Å². The van der Waals surface area contributed by atoms with Gasteiger partial charge in [0.2, 0.25) is 11.8 Å². The molecule has 2 aliphatic rings. The summed E-state index contributed by atoms with van der Waals surface area (Å²) in [6.45, 7) is 12.4. The molecule has 1 saturated carbocycles. The van der Waals surface area contributed by atoms with Gasteiger partial charge in [0.15, 0.2) is 0 Å². The van der Waals surface area contributed by atoms with Crippen LogP contribution in [0.5, 0.6) is 0 Å². The molecule has 1 aliphatic carbocycles. The summed E-state index contributed by atoms with van der Waals surface area (Å²) in [5.41, 5.74) is 4.01. The summed E-state index contributed by atoms with van der Waals surface area (Å²) in [7, 11) is 1.83. The average molecular weight is 713 g/mol. The molecule has 1 aliphatic heterocycles. The van der Waals surface area contributed by atoms with E-state index < -0.39 is 6.09 Å². The van der Waals surface area contributed by atoms with Crippen LogP contribution in [0.1, 0.15) is 57.4 Å². The quantitative estimate of drug-likeness (QED) is 0.104. The summed E-state index contributed by atoms with van der Waals surface area (Å²) < 4.78 is 0. The summed E-state index contributed by atoms with van der Waals surface area (Å²) in [5.74, 6) is 1.84. The van der Waals surface area contributed by atoms with Crippen LogP contribution in [-0.4, -0.2) is 77.4 Å². The van der Waals surface area contributed by atoms with Crippen LogP contribution < -0.4 is 10.6 Å². The third-order valence-corrected chi connectivity index (χ3v) is 8.70. The average Bonchev–Trinajstić information content (AvgIpc) is 3.75. The monoisotopic (exact) mass is 712 g/mol. The lowest BCUT2D eigenvalue weighted by Crippen LogP contribution is -2.32. The zero-order chi connectivity index (χ0) is 38.1. The Kier molecular flexibility index (Phi) is 20.7. The Balaban J connectivity index is 0.000000327. The second-order valence-electron chi connectivity index (χ2n) is 12.7. The molecule has 4 N–H and O–H groups in total. The van der Waals surface area contributed by atoms with Crippen molar-refractivity contribution in [3.05, 3.63) is 110 Å². The Labute approximate surface area is 309 Å². The SMILES string of the molecule is C=CC.C=CCC=O.CN(CCCC(=O)Nc1ccc(CO)cc1)C(=O)CCN1CC2CCCC2C1.O=C(O)Nc1ccccc1-c1ccccc1. The van der Waals surface area contributed by atoms with Gasteiger partial charge in [-0.25, -0.2) is 4.79 Å². The number of anilines is 2. The van der Waals surface area contributed by atoms with Crippen LogP contribution in [-0.2, 0) is 21.0 Å². The van der Waals surface area contributed by atoms with Crippen molar-refractivity contribution in [3.8, 4) is 11.1 Å². The number of aldehydes is 1. The van der Waals surface area contributed by atoms with Crippen LogP contribution in [0.2, 0.25) is 0 Å². The van der Waals surface area contributed by atoms with Gasteiger partial charge in [-0.3, -0.25) is 14.9 Å². The number of likely N-dealkylation sites (tertiary alicyclic amines) is 1. The lowest BCUT2D eigenvalue weighted by atomic mass is 10.0. The number of carbonyl (C=O) groups excluding carboxylic acids is 3. The Morgan fingerprint density at radius 1 is 0.904 bits per heavy atom. The fourth-order valence-electron chi connectivity index (χ4n) is 6.12. The Bertz CT molecular complexity index is 1510. The zero-order valence-electron chi connectivity index (χ0n) is 30.7. The molecule has 1 heterocycles. The molecule has 52 heavy (non-hydrogen) atoms. The van der Waals surface area contributed by atoms with E-state index in [1.54, 1.807) is 53.5 Å². The maximum absolute atomic E-state index is 12.4. The molecule has 2 atom stereocenters. The van der Waals surface area contributed by atoms with Crippen molar-refractivity contribution in [1.82, 2.24) is 9.80 Å². The first-order valence-corrected chi connectivity index (χ1v) is 17.9. The number of nitrogens with one attached hydrogen (secondary N) is 2. The highest BCUT2D eigenvalue weighted by Crippen LogP contribution is 2.37. The predicted octanol–water partition coefficient (Wildman–Crippen LogP) is 7.88. The van der Waals surface area contributed by atoms with Crippen molar-refractivity contribution >= 4 is 35.6 Å². The number of allylic oxidation sites excluding steroid dienone is 2. The number of hydrogen-bond donors (Lipinski definition) is 4. The number of nitrogens with zero attached hydrogens (tertiary/aromatic N) is 2. The molecular formula is C42H56N4O6. The standard InChI is InChI=1S/C22H33N3O3.C13H11NO2.C4H6O.C3H6/c1-24(22(28)11-13-25-14-18-4-2-5-19(18)15-25)12-3-6-21(27)23-20-9-7-17(16-26)8-10-20;15-13(16)14-12-9-5-4-8-11(12)10-6-2-1-3-7-10;1-2-3-4-5;1-3-2/h7-10,18-19,26H,2-6,11-16H2,1H3,(H,23,27);1-9,14H,(H,15,16);2,4H,1,3H2;3H,1H2,2H3. The van der Waals surface area contributed by atoms with E-state index in [-0.39, 0.29) is 18.4 Å². The van der Waals surface area contributed by atoms with Crippen LogP contribution in [0.4, 0.5) is 16.2 Å². The van der Waals surface area contributed by atoms with Crippen molar-refractivity contribution in [1.29, 1.82) is 0 Å². The van der Waals surface area contributed by atoms with Crippen LogP contribution in [0.15, 0.2) is 104 Å². The van der Waals surface area contributed by atoms with E-state index in [0.29, 0.717) is 37.9 Å². The number of amides is 3. The Hall–Kier alpha value is -5.06. The zero-order valence-corrected chi connectivity index (χ0v) is 30.7. The van der Waals surface area contributed by atoms with Gasteiger partial charge < -0.3 is 30.1 Å². The second-order valence-corrected chi connectivity index (χ2v) is 12.7. The molecule has 10 nitrogen and oxygen atoms in total. The molecule has 0 spiro atoms. The fourth-order valence-corrected chi connectivity index (χ4v) is 6.12. The van der Waals surface area contributed by atoms with Gasteiger partial charge in [0.1, 0.15) is 6.29 Å². The molecule has 0 radical (unpaired) electrons. The van der Waals surface area contributed by atoms with Crippen LogP contribution in [0.3, 0.4) is 0 Å². The topological polar surface area (TPSA) is 139 Å². The molecule has 3 aromatic carbocycles. The van der Waals surface area contributed by atoms with Gasteiger partial charge in [0, 0.05) is 63.7 Å². The van der Waals surface area contributed by atoms with E-state index in [1.807, 2.05) is 56.4 Å². The van der Waals surface area contributed by atoms with Crippen LogP contribution in [0.25, 0.3) is 11.1 Å². The number of rotatable bonds is 13. The minimum atomic E-state index is -1.05. The maximum Gasteiger partial charge on any atom is 0.409 e. The molecule has 0 bridgehead atoms. The smallest absolute Gasteiger partial charge is 0.409 e. The number of para-hydroxylation sites is 1. The molecule has 280 valence electrons. The van der Waals surface area contributed by atoms with Gasteiger partial charge in [-0.15, -0.1) is 13.2 Å². The Morgan fingerprint density at radius 3 is 2.08 bits per heavy atom. The molecule has 3 amide bonds. The number of fused-ring (bicyclic) bond motifs is 1. The highest BCUT2D eigenvalue weighted by atomic mass is 16.4. The second kappa shape index (κ2) is 25.0. The molecule has 5 rings (SSSR count). The predicted molar refractivity (Wildman–Crippen MR) is 210 cm³/mol. The highest BCUT2D eigenvalue weighted by molar-refractivity contribution is 5.91. The number of benzene rings is 3. The summed E-state index contributed by atoms with van der Waals surface area (Å²) in [5, 5.41) is 23.0. The Morgan fingerprint density at radius 2 is 1.52 bits per heavy atom. The summed E-state index contributed by atoms with van der Waals surface area (Å²) in [6, 6.07) is 24.1. The van der Waals surface area contributed by atoms with Crippen molar-refractivity contribution in [3.63, 3.8) is 0 Å². The maximum atomic E-state index is 12.4. The number of carbonyl (C=O) groups is 4. The van der Waals surface area contributed by atoms with Gasteiger partial charge >= 0.3 is 6.09 Å². The molecule has 2 fully saturated rings. The molecule has 3 aromatic rings. The third kappa shape index (κ3) is 16.3. The van der Waals surface area contributed by atoms with E-state index in [4.69, 9.17) is 10.2 Å². The molecule has 2 unspecified atom stereocenters. The van der Waals surface area contributed by atoms with Crippen LogP contribution in [0, 0.1) is 11.8 Å². The number of carboxylic acid groups (broad SMARTS) is 1. The van der Waals surface area contributed by atoms with E-state index in [1.165, 1.54) is 32.4 Å². The van der Waals surface area contributed by atoms with Gasteiger partial charge in [-0.1, -0.05) is 79.2 Å². The van der Waals surface area contributed by atoms with Crippen molar-refractivity contribution in [2.75, 3.05) is 43.9 Å². The number of aliphatic hydroxyl groups excluding tert-OH is 1. The van der Waals surface area contributed by atoms with Gasteiger partial charge in [-0.05, 0) is 67.3 Å². The van der Waals surface area contributed by atoms with Crippen LogP contribution >= 0.6 is 0 Å². The van der Waals surface area contributed by atoms with E-state index >= 15 is 0 Å². The van der Waals surface area contributed by atoms with Gasteiger partial charge in [0.05, 0.1) is 12.3 Å². The summed E-state index contributed by atoms with van der Waals surface area (Å²) >= 11 is 0. The minimum absolute atomic E-state index is 0.00644. The normalized spacial score (nSPS) is 15.4. The molecule has 10 heteroatoms. The van der Waals surface area contributed by atoms with Crippen molar-refractivity contribution in [2.45, 2.75) is 58.5 Å². The van der Waals surface area contributed by atoms with E-state index in [9.17, 15) is 19.2 Å². The first-order chi connectivity index (χ1) is 25.1. The van der Waals surface area contributed by atoms with E-state index in [2.05, 4.69) is 28.7 Å². The summed E-state index contributed by atoms with van der Waals surface area (Å²) in [6.07, 6.45) is 9.26. The number of hydrogen-bond acceptors (Lipinski definition) is 6. The lowest BCUT2D eigenvalue weighted by Gasteiger charge is -2.20. The minimum Gasteiger partial charge on any atom is -0.465 e. The summed E-state index contributed by atoms with van der Waals surface area (Å²) in [4.78, 5) is 48.6. The third-order valence-electron chi connectivity index (χ3n) is 8.70. The highest BCUT2D eigenvalue weighted by Gasteiger charge is 2.35. The van der Waals surface area contributed by atoms with Gasteiger partial charge in [-0.2, -0.15) is 0 Å². The lowest BCUT2D eigenvalue weighted by molar-refractivity contribution is -0.130. The molecular weight excluding hydrogens is 656 g/mol. The largest absolute Gasteiger partial charge is 0.465 e.